The zero-order valence-electron chi connectivity index (χ0n) is 17.9. The molecule has 2 amide bonds. The van der Waals surface area contributed by atoms with Crippen LogP contribution < -0.4 is 20.9 Å². The number of aromatic nitrogens is 2. The number of fused-ring (bicyclic) bond motifs is 1. The Morgan fingerprint density at radius 3 is 2.27 bits per heavy atom. The molecule has 8 nitrogen and oxygen atoms in total. The van der Waals surface area contributed by atoms with Crippen molar-refractivity contribution in [2.45, 2.75) is 6.92 Å². The molecule has 3 aromatic carbocycles. The van der Waals surface area contributed by atoms with Crippen molar-refractivity contribution in [3.8, 4) is 11.4 Å². The Bertz CT molecular complexity index is 1350. The summed E-state index contributed by atoms with van der Waals surface area (Å²) >= 11 is 0. The highest BCUT2D eigenvalue weighted by atomic mass is 16.5. The molecule has 0 unspecified atom stereocenters. The average Bonchev–Trinajstić information content (AvgIpc) is 2.85. The van der Waals surface area contributed by atoms with Gasteiger partial charge in [-0.25, -0.2) is 0 Å². The quantitative estimate of drug-likeness (QED) is 0.458. The van der Waals surface area contributed by atoms with Gasteiger partial charge in [0.15, 0.2) is 5.69 Å². The molecule has 0 saturated heterocycles. The predicted molar refractivity (Wildman–Crippen MR) is 126 cm³/mol. The maximum Gasteiger partial charge on any atom is 0.279 e. The molecule has 0 fully saturated rings. The van der Waals surface area contributed by atoms with Gasteiger partial charge < -0.3 is 15.4 Å². The van der Waals surface area contributed by atoms with Gasteiger partial charge in [-0.2, -0.15) is 9.78 Å². The number of amides is 2. The van der Waals surface area contributed by atoms with Gasteiger partial charge in [0.2, 0.25) is 5.91 Å². The van der Waals surface area contributed by atoms with Crippen LogP contribution in [0.2, 0.25) is 0 Å². The van der Waals surface area contributed by atoms with Crippen LogP contribution in [0.25, 0.3) is 16.5 Å². The van der Waals surface area contributed by atoms with E-state index in [0.717, 1.165) is 0 Å². The molecule has 0 saturated carbocycles. The monoisotopic (exact) mass is 442 g/mol. The number of nitrogens with one attached hydrogen (secondary N) is 2. The average molecular weight is 442 g/mol. The summed E-state index contributed by atoms with van der Waals surface area (Å²) in [6.45, 7) is 2.19. The standard InChI is InChI=1S/C25H22N4O4/c1-2-33-19-14-12-17(13-15-19)27-22(30)16-26-24(31)23-20-10-6-7-11-21(20)25(32)29(28-23)18-8-4-3-5-9-18/h3-15H,2,16H2,1H3,(H,26,31)(H,27,30). The van der Waals surface area contributed by atoms with Gasteiger partial charge in [0.1, 0.15) is 5.75 Å². The number of rotatable bonds is 7. The first-order valence-corrected chi connectivity index (χ1v) is 10.4. The van der Waals surface area contributed by atoms with Crippen molar-refractivity contribution in [1.29, 1.82) is 0 Å². The van der Waals surface area contributed by atoms with Crippen LogP contribution in [0, 0.1) is 0 Å². The number of hydrogen-bond donors (Lipinski definition) is 2. The van der Waals surface area contributed by atoms with Gasteiger partial charge in [-0.1, -0.05) is 36.4 Å². The minimum atomic E-state index is -0.558. The number of carbonyl (C=O) groups is 2. The first-order chi connectivity index (χ1) is 16.1. The molecular formula is C25H22N4O4. The summed E-state index contributed by atoms with van der Waals surface area (Å²) in [7, 11) is 0. The van der Waals surface area contributed by atoms with Crippen molar-refractivity contribution in [3.63, 3.8) is 0 Å². The van der Waals surface area contributed by atoms with Gasteiger partial charge in [0, 0.05) is 11.1 Å². The highest BCUT2D eigenvalue weighted by molar-refractivity contribution is 6.06. The van der Waals surface area contributed by atoms with Crippen LogP contribution in [0.3, 0.4) is 0 Å². The fraction of sp³-hybridized carbons (Fsp3) is 0.120. The molecule has 0 radical (unpaired) electrons. The van der Waals surface area contributed by atoms with E-state index in [0.29, 0.717) is 34.5 Å². The van der Waals surface area contributed by atoms with Crippen LogP contribution in [0.1, 0.15) is 17.4 Å². The Morgan fingerprint density at radius 2 is 1.58 bits per heavy atom. The largest absolute Gasteiger partial charge is 0.494 e. The van der Waals surface area contributed by atoms with E-state index < -0.39 is 11.8 Å². The number of nitrogens with zero attached hydrogens (tertiary/aromatic N) is 2. The Morgan fingerprint density at radius 1 is 0.909 bits per heavy atom. The highest BCUT2D eigenvalue weighted by Crippen LogP contribution is 2.16. The van der Waals surface area contributed by atoms with Crippen molar-refractivity contribution >= 4 is 28.3 Å². The molecule has 0 bridgehead atoms. The zero-order valence-corrected chi connectivity index (χ0v) is 17.9. The van der Waals surface area contributed by atoms with Crippen molar-refractivity contribution in [1.82, 2.24) is 15.1 Å². The van der Waals surface area contributed by atoms with Gasteiger partial charge in [-0.3, -0.25) is 14.4 Å². The molecule has 1 aromatic heterocycles. The minimum Gasteiger partial charge on any atom is -0.494 e. The molecular weight excluding hydrogens is 420 g/mol. The Kier molecular flexibility index (Phi) is 6.45. The third-order valence-electron chi connectivity index (χ3n) is 4.88. The van der Waals surface area contributed by atoms with E-state index in [1.54, 1.807) is 72.8 Å². The molecule has 2 N–H and O–H groups in total. The van der Waals surface area contributed by atoms with Gasteiger partial charge in [0.25, 0.3) is 11.5 Å². The normalized spacial score (nSPS) is 10.6. The maximum absolute atomic E-state index is 12.9. The van der Waals surface area contributed by atoms with E-state index in [4.69, 9.17) is 4.74 Å². The lowest BCUT2D eigenvalue weighted by molar-refractivity contribution is -0.115. The molecule has 1 heterocycles. The lowest BCUT2D eigenvalue weighted by Gasteiger charge is -2.11. The summed E-state index contributed by atoms with van der Waals surface area (Å²) in [5.41, 5.74) is 0.846. The van der Waals surface area contributed by atoms with E-state index in [1.807, 2.05) is 13.0 Å². The number of hydrogen-bond acceptors (Lipinski definition) is 5. The van der Waals surface area contributed by atoms with E-state index in [9.17, 15) is 14.4 Å². The second kappa shape index (κ2) is 9.78. The molecule has 0 aliphatic rings. The van der Waals surface area contributed by atoms with E-state index in [1.165, 1.54) is 4.68 Å². The Balaban J connectivity index is 1.53. The first-order valence-electron chi connectivity index (χ1n) is 10.4. The first kappa shape index (κ1) is 21.8. The smallest absolute Gasteiger partial charge is 0.279 e. The number of ether oxygens (including phenoxy) is 1. The van der Waals surface area contributed by atoms with Crippen molar-refractivity contribution in [3.05, 3.63) is 94.9 Å². The van der Waals surface area contributed by atoms with Crippen LogP contribution >= 0.6 is 0 Å². The summed E-state index contributed by atoms with van der Waals surface area (Å²) in [5.74, 6) is -0.249. The van der Waals surface area contributed by atoms with E-state index in [-0.39, 0.29) is 17.8 Å². The van der Waals surface area contributed by atoms with Crippen LogP contribution in [-0.2, 0) is 4.79 Å². The molecule has 33 heavy (non-hydrogen) atoms. The third-order valence-corrected chi connectivity index (χ3v) is 4.88. The fourth-order valence-electron chi connectivity index (χ4n) is 3.35. The van der Waals surface area contributed by atoms with Gasteiger partial charge in [-0.15, -0.1) is 0 Å². The van der Waals surface area contributed by atoms with Gasteiger partial charge >= 0.3 is 0 Å². The van der Waals surface area contributed by atoms with Gasteiger partial charge in [0.05, 0.1) is 24.2 Å². The number of benzene rings is 3. The summed E-state index contributed by atoms with van der Waals surface area (Å²) < 4.78 is 6.57. The third kappa shape index (κ3) is 4.90. The Hall–Kier alpha value is -4.46. The second-order valence-electron chi connectivity index (χ2n) is 7.13. The van der Waals surface area contributed by atoms with E-state index in [2.05, 4.69) is 15.7 Å². The molecule has 0 spiro atoms. The number of anilines is 1. The molecule has 0 atom stereocenters. The van der Waals surface area contributed by atoms with Crippen LogP contribution in [0.4, 0.5) is 5.69 Å². The highest BCUT2D eigenvalue weighted by Gasteiger charge is 2.18. The van der Waals surface area contributed by atoms with Crippen molar-refractivity contribution in [2.24, 2.45) is 0 Å². The topological polar surface area (TPSA) is 102 Å². The van der Waals surface area contributed by atoms with Crippen LogP contribution in [-0.4, -0.2) is 34.7 Å². The molecule has 4 rings (SSSR count). The fourth-order valence-corrected chi connectivity index (χ4v) is 3.35. The molecule has 0 aliphatic heterocycles. The molecule has 4 aromatic rings. The lowest BCUT2D eigenvalue weighted by Crippen LogP contribution is -2.35. The van der Waals surface area contributed by atoms with E-state index >= 15 is 0 Å². The van der Waals surface area contributed by atoms with Crippen LogP contribution in [0.5, 0.6) is 5.75 Å². The van der Waals surface area contributed by atoms with Crippen LogP contribution in [0.15, 0.2) is 83.7 Å². The van der Waals surface area contributed by atoms with Crippen molar-refractivity contribution < 1.29 is 14.3 Å². The zero-order chi connectivity index (χ0) is 23.2. The summed E-state index contributed by atoms with van der Waals surface area (Å²) in [4.78, 5) is 38.2. The second-order valence-corrected chi connectivity index (χ2v) is 7.13. The number of carbonyl (C=O) groups excluding carboxylic acids is 2. The SMILES string of the molecule is CCOc1ccc(NC(=O)CNC(=O)c2nn(-c3ccccc3)c(=O)c3ccccc23)cc1. The molecule has 8 heteroatoms. The molecule has 166 valence electrons. The van der Waals surface area contributed by atoms with Crippen molar-refractivity contribution in [2.75, 3.05) is 18.5 Å². The summed E-state index contributed by atoms with van der Waals surface area (Å²) in [6, 6.07) is 22.6. The maximum atomic E-state index is 12.9. The minimum absolute atomic E-state index is 0.0583. The summed E-state index contributed by atoms with van der Waals surface area (Å²) in [5, 5.41) is 10.4. The Labute approximate surface area is 189 Å². The number of para-hydroxylation sites is 1. The van der Waals surface area contributed by atoms with Gasteiger partial charge in [-0.05, 0) is 49.4 Å². The summed E-state index contributed by atoms with van der Waals surface area (Å²) in [6.07, 6.45) is 0. The molecule has 0 aliphatic carbocycles. The predicted octanol–water partition coefficient (Wildman–Crippen LogP) is 3.15. The lowest BCUT2D eigenvalue weighted by atomic mass is 10.1.